The van der Waals surface area contributed by atoms with Gasteiger partial charge in [0.15, 0.2) is 5.96 Å². The molecule has 0 aliphatic heterocycles. The Hall–Kier alpha value is -2.44. The van der Waals surface area contributed by atoms with Gasteiger partial charge in [0.2, 0.25) is 0 Å². The molecule has 1 atom stereocenters. The average Bonchev–Trinajstić information content (AvgIpc) is 2.62. The zero-order valence-corrected chi connectivity index (χ0v) is 17.6. The summed E-state index contributed by atoms with van der Waals surface area (Å²) in [5, 5.41) is 6.54. The molecule has 0 aromatic heterocycles. The molecule has 1 rings (SSSR count). The van der Waals surface area contributed by atoms with E-state index >= 15 is 0 Å². The van der Waals surface area contributed by atoms with Gasteiger partial charge in [-0.15, -0.1) is 0 Å². The molecule has 0 saturated carbocycles. The zero-order valence-electron chi connectivity index (χ0n) is 17.6. The molecule has 1 unspecified atom stereocenters. The van der Waals surface area contributed by atoms with E-state index in [9.17, 15) is 4.79 Å². The highest BCUT2D eigenvalue weighted by atomic mass is 16.6. The van der Waals surface area contributed by atoms with Crippen LogP contribution < -0.4 is 15.4 Å². The second-order valence-corrected chi connectivity index (χ2v) is 7.43. The second kappa shape index (κ2) is 10.6. The van der Waals surface area contributed by atoms with Crippen molar-refractivity contribution in [2.75, 3.05) is 27.7 Å². The van der Waals surface area contributed by atoms with Gasteiger partial charge in [0.1, 0.15) is 11.4 Å². The van der Waals surface area contributed by atoms with Gasteiger partial charge < -0.3 is 25.0 Å². The number of nitrogens with zero attached hydrogens (tertiary/aromatic N) is 2. The molecular formula is C20H34N4O3. The fraction of sp³-hybridized carbons (Fsp3) is 0.600. The Balaban J connectivity index is 2.40. The first-order valence-corrected chi connectivity index (χ1v) is 9.19. The van der Waals surface area contributed by atoms with Crippen molar-refractivity contribution in [1.82, 2.24) is 15.5 Å². The summed E-state index contributed by atoms with van der Waals surface area (Å²) in [5.41, 5.74) is 0.616. The molecule has 0 saturated heterocycles. The first-order chi connectivity index (χ1) is 12.7. The molecular weight excluding hydrogens is 344 g/mol. The summed E-state index contributed by atoms with van der Waals surface area (Å²) in [5.74, 6) is 1.54. The van der Waals surface area contributed by atoms with Gasteiger partial charge in [0.25, 0.3) is 0 Å². The average molecular weight is 379 g/mol. The van der Waals surface area contributed by atoms with Crippen LogP contribution >= 0.6 is 0 Å². The Labute approximate surface area is 163 Å². The summed E-state index contributed by atoms with van der Waals surface area (Å²) >= 11 is 0. The van der Waals surface area contributed by atoms with Gasteiger partial charge in [0.05, 0.1) is 7.11 Å². The summed E-state index contributed by atoms with van der Waals surface area (Å²) in [6, 6.07) is 7.93. The standard InChI is InChI=1S/C20H34N4O3/c1-15(24(6)19(25)27-20(2,3)4)11-12-22-18(21-5)23-14-16-9-8-10-17(13-16)26-7/h8-10,13,15H,11-12,14H2,1-7H3,(H2,21,22,23). The van der Waals surface area contributed by atoms with E-state index in [2.05, 4.69) is 15.6 Å². The summed E-state index contributed by atoms with van der Waals surface area (Å²) < 4.78 is 10.6. The van der Waals surface area contributed by atoms with E-state index in [-0.39, 0.29) is 12.1 Å². The van der Waals surface area contributed by atoms with Crippen molar-refractivity contribution >= 4 is 12.1 Å². The van der Waals surface area contributed by atoms with Gasteiger partial charge in [-0.2, -0.15) is 0 Å². The van der Waals surface area contributed by atoms with Crippen molar-refractivity contribution in [1.29, 1.82) is 0 Å². The normalized spacial score (nSPS) is 12.9. The second-order valence-electron chi connectivity index (χ2n) is 7.43. The van der Waals surface area contributed by atoms with Gasteiger partial charge in [-0.1, -0.05) is 12.1 Å². The Bertz CT molecular complexity index is 626. The lowest BCUT2D eigenvalue weighted by Crippen LogP contribution is -2.42. The molecule has 0 aliphatic rings. The van der Waals surface area contributed by atoms with Gasteiger partial charge in [0, 0.05) is 33.2 Å². The topological polar surface area (TPSA) is 75.2 Å². The van der Waals surface area contributed by atoms with E-state index in [4.69, 9.17) is 9.47 Å². The van der Waals surface area contributed by atoms with Crippen LogP contribution in [0.3, 0.4) is 0 Å². The summed E-state index contributed by atoms with van der Waals surface area (Å²) in [4.78, 5) is 18.0. The van der Waals surface area contributed by atoms with Crippen LogP contribution in [0.25, 0.3) is 0 Å². The molecule has 1 aromatic rings. The number of carbonyl (C=O) groups is 1. The van der Waals surface area contributed by atoms with Crippen molar-refractivity contribution in [3.63, 3.8) is 0 Å². The molecule has 0 fully saturated rings. The summed E-state index contributed by atoms with van der Waals surface area (Å²) in [7, 11) is 5.15. The molecule has 152 valence electrons. The Kier molecular flexibility index (Phi) is 8.91. The third-order valence-corrected chi connectivity index (χ3v) is 4.01. The first-order valence-electron chi connectivity index (χ1n) is 9.19. The molecule has 27 heavy (non-hydrogen) atoms. The van der Waals surface area contributed by atoms with E-state index in [1.165, 1.54) is 0 Å². The number of guanidine groups is 1. The number of carbonyl (C=O) groups excluding carboxylic acids is 1. The quantitative estimate of drug-likeness (QED) is 0.563. The maximum atomic E-state index is 12.1. The van der Waals surface area contributed by atoms with Crippen molar-refractivity contribution in [2.24, 2.45) is 4.99 Å². The molecule has 1 aromatic carbocycles. The fourth-order valence-electron chi connectivity index (χ4n) is 2.30. The predicted molar refractivity (Wildman–Crippen MR) is 109 cm³/mol. The monoisotopic (exact) mass is 378 g/mol. The van der Waals surface area contributed by atoms with Crippen LogP contribution in [0, 0.1) is 0 Å². The van der Waals surface area contributed by atoms with E-state index in [0.29, 0.717) is 19.0 Å². The SMILES string of the molecule is CN=C(NCCC(C)N(C)C(=O)OC(C)(C)C)NCc1cccc(OC)c1. The molecule has 0 heterocycles. The molecule has 0 aliphatic carbocycles. The summed E-state index contributed by atoms with van der Waals surface area (Å²) in [6.45, 7) is 8.92. The lowest BCUT2D eigenvalue weighted by molar-refractivity contribution is 0.0230. The minimum Gasteiger partial charge on any atom is -0.497 e. The van der Waals surface area contributed by atoms with Gasteiger partial charge in [-0.3, -0.25) is 4.99 Å². The lowest BCUT2D eigenvalue weighted by atomic mass is 10.2. The molecule has 1 amide bonds. The molecule has 0 spiro atoms. The third kappa shape index (κ3) is 8.66. The third-order valence-electron chi connectivity index (χ3n) is 4.01. The minimum absolute atomic E-state index is 0.0452. The fourth-order valence-corrected chi connectivity index (χ4v) is 2.30. The highest BCUT2D eigenvalue weighted by molar-refractivity contribution is 5.79. The van der Waals surface area contributed by atoms with Crippen LogP contribution in [0.4, 0.5) is 4.79 Å². The molecule has 2 N–H and O–H groups in total. The molecule has 7 nitrogen and oxygen atoms in total. The maximum Gasteiger partial charge on any atom is 0.410 e. The largest absolute Gasteiger partial charge is 0.497 e. The molecule has 7 heteroatoms. The van der Waals surface area contributed by atoms with Crippen LogP contribution in [0.5, 0.6) is 5.75 Å². The molecule has 0 bridgehead atoms. The van der Waals surface area contributed by atoms with E-state index in [1.807, 2.05) is 52.0 Å². The molecule has 0 radical (unpaired) electrons. The Morgan fingerprint density at radius 2 is 2.00 bits per heavy atom. The van der Waals surface area contributed by atoms with Crippen LogP contribution in [0.1, 0.15) is 39.7 Å². The predicted octanol–water partition coefficient (Wildman–Crippen LogP) is 3.01. The first kappa shape index (κ1) is 22.6. The van der Waals surface area contributed by atoms with Gasteiger partial charge >= 0.3 is 6.09 Å². The number of ether oxygens (including phenoxy) is 2. The minimum atomic E-state index is -0.491. The maximum absolute atomic E-state index is 12.1. The number of nitrogens with one attached hydrogen (secondary N) is 2. The summed E-state index contributed by atoms with van der Waals surface area (Å²) in [6.07, 6.45) is 0.464. The number of hydrogen-bond donors (Lipinski definition) is 2. The number of amides is 1. The number of aliphatic imine (C=N–C) groups is 1. The number of hydrogen-bond acceptors (Lipinski definition) is 4. The lowest BCUT2D eigenvalue weighted by Gasteiger charge is -2.28. The van der Waals surface area contributed by atoms with Crippen molar-refractivity contribution in [3.8, 4) is 5.75 Å². The van der Waals surface area contributed by atoms with E-state index in [0.717, 1.165) is 17.7 Å². The van der Waals surface area contributed by atoms with E-state index < -0.39 is 5.60 Å². The van der Waals surface area contributed by atoms with Gasteiger partial charge in [-0.25, -0.2) is 4.79 Å². The van der Waals surface area contributed by atoms with Crippen LogP contribution in [0.2, 0.25) is 0 Å². The van der Waals surface area contributed by atoms with Crippen LogP contribution in [-0.2, 0) is 11.3 Å². The number of rotatable bonds is 7. The smallest absolute Gasteiger partial charge is 0.410 e. The Morgan fingerprint density at radius 3 is 2.59 bits per heavy atom. The highest BCUT2D eigenvalue weighted by Crippen LogP contribution is 2.13. The van der Waals surface area contributed by atoms with Crippen LogP contribution in [-0.4, -0.2) is 56.3 Å². The number of benzene rings is 1. The van der Waals surface area contributed by atoms with Crippen molar-refractivity contribution in [2.45, 2.75) is 52.3 Å². The van der Waals surface area contributed by atoms with Crippen molar-refractivity contribution in [3.05, 3.63) is 29.8 Å². The zero-order chi connectivity index (χ0) is 20.4. The van der Waals surface area contributed by atoms with E-state index in [1.54, 1.807) is 26.1 Å². The van der Waals surface area contributed by atoms with Crippen LogP contribution in [0.15, 0.2) is 29.3 Å². The van der Waals surface area contributed by atoms with Crippen molar-refractivity contribution < 1.29 is 14.3 Å². The Morgan fingerprint density at radius 1 is 1.30 bits per heavy atom. The van der Waals surface area contributed by atoms with Gasteiger partial charge in [-0.05, 0) is 51.8 Å². The number of methoxy groups -OCH3 is 1. The highest BCUT2D eigenvalue weighted by Gasteiger charge is 2.22.